The summed E-state index contributed by atoms with van der Waals surface area (Å²) in [5.74, 6) is -1.76. The number of carbonyl (C=O) groups is 2. The van der Waals surface area contributed by atoms with Gasteiger partial charge < -0.3 is 10.0 Å². The molecule has 1 heterocycles. The second-order valence-electron chi connectivity index (χ2n) is 7.25. The monoisotopic (exact) mass is 405 g/mol. The molecule has 0 unspecified atom stereocenters. The van der Waals surface area contributed by atoms with Crippen molar-refractivity contribution < 1.29 is 14.7 Å². The van der Waals surface area contributed by atoms with E-state index >= 15 is 0 Å². The van der Waals surface area contributed by atoms with Gasteiger partial charge in [0.2, 0.25) is 0 Å². The largest absolute Gasteiger partial charge is 0.375 e. The van der Waals surface area contributed by atoms with E-state index in [1.54, 1.807) is 54.3 Å². The van der Waals surface area contributed by atoms with Crippen molar-refractivity contribution in [1.29, 1.82) is 0 Å². The average molecular weight is 406 g/mol. The number of hydrogen-bond donors (Lipinski definition) is 1. The topological polar surface area (TPSA) is 57.6 Å². The van der Waals surface area contributed by atoms with Crippen LogP contribution in [0.25, 0.3) is 0 Å². The first-order chi connectivity index (χ1) is 13.9. The molecule has 4 nitrogen and oxygen atoms in total. The molecule has 0 saturated carbocycles. The van der Waals surface area contributed by atoms with Gasteiger partial charge in [-0.15, -0.1) is 0 Å². The van der Waals surface area contributed by atoms with Crippen molar-refractivity contribution >= 4 is 29.0 Å². The highest BCUT2D eigenvalue weighted by Crippen LogP contribution is 2.46. The van der Waals surface area contributed by atoms with Crippen LogP contribution in [0.5, 0.6) is 0 Å². The third-order valence-corrected chi connectivity index (χ3v) is 5.76. The molecule has 0 fully saturated rings. The maximum absolute atomic E-state index is 13.4. The van der Waals surface area contributed by atoms with Gasteiger partial charge in [-0.25, -0.2) is 0 Å². The number of fused-ring (bicyclic) bond motifs is 1. The summed E-state index contributed by atoms with van der Waals surface area (Å²) < 4.78 is 0. The number of rotatable bonds is 5. The number of amides is 1. The van der Waals surface area contributed by atoms with Crippen molar-refractivity contribution in [2.45, 2.75) is 19.1 Å². The standard InChI is InChI=1S/C24H20ClNO3/c1-16(22(27)18-11-13-19(25)14-12-18)24(29)20-9-5-6-10-21(20)26(23(24)28)15-17-7-3-2-4-8-17/h2-14,16,29H,15H2,1H3/t16-,24+/m0/s1. The maximum atomic E-state index is 13.4. The van der Waals surface area contributed by atoms with Crippen LogP contribution >= 0.6 is 11.6 Å². The van der Waals surface area contributed by atoms with E-state index in [9.17, 15) is 14.7 Å². The van der Waals surface area contributed by atoms with Crippen molar-refractivity contribution in [1.82, 2.24) is 0 Å². The highest BCUT2D eigenvalue weighted by Gasteiger charge is 2.55. The first kappa shape index (κ1) is 19.4. The number of aliphatic hydroxyl groups is 1. The Morgan fingerprint density at radius 1 is 1.00 bits per heavy atom. The number of nitrogens with zero attached hydrogens (tertiary/aromatic N) is 1. The molecule has 3 aromatic carbocycles. The normalized spacial score (nSPS) is 19.1. The molecule has 3 aromatic rings. The maximum Gasteiger partial charge on any atom is 0.264 e. The fraction of sp³-hybridized carbons (Fsp3) is 0.167. The molecule has 2 atom stereocenters. The van der Waals surface area contributed by atoms with Crippen LogP contribution in [0, 0.1) is 5.92 Å². The van der Waals surface area contributed by atoms with E-state index in [1.807, 2.05) is 36.4 Å². The Morgan fingerprint density at radius 2 is 1.62 bits per heavy atom. The summed E-state index contributed by atoms with van der Waals surface area (Å²) in [7, 11) is 0. The second-order valence-corrected chi connectivity index (χ2v) is 7.69. The average Bonchev–Trinajstić information content (AvgIpc) is 2.97. The van der Waals surface area contributed by atoms with E-state index in [0.29, 0.717) is 28.4 Å². The number of hydrogen-bond acceptors (Lipinski definition) is 3. The summed E-state index contributed by atoms with van der Waals surface area (Å²) in [6.45, 7) is 1.92. The molecule has 0 saturated heterocycles. The van der Waals surface area contributed by atoms with Crippen molar-refractivity contribution in [2.24, 2.45) is 5.92 Å². The summed E-state index contributed by atoms with van der Waals surface area (Å²) in [6, 6.07) is 23.1. The molecule has 1 N–H and O–H groups in total. The van der Waals surface area contributed by atoms with Gasteiger partial charge in [0, 0.05) is 16.1 Å². The van der Waals surface area contributed by atoms with Gasteiger partial charge in [-0.3, -0.25) is 9.59 Å². The number of halogens is 1. The number of para-hydroxylation sites is 1. The molecule has 146 valence electrons. The zero-order valence-electron chi connectivity index (χ0n) is 15.9. The van der Waals surface area contributed by atoms with Crippen molar-refractivity contribution in [2.75, 3.05) is 4.90 Å². The molecule has 0 radical (unpaired) electrons. The minimum absolute atomic E-state index is 0.311. The Hall–Kier alpha value is -2.95. The van der Waals surface area contributed by atoms with Gasteiger partial charge in [-0.1, -0.05) is 67.1 Å². The lowest BCUT2D eigenvalue weighted by Gasteiger charge is -2.28. The van der Waals surface area contributed by atoms with Crippen molar-refractivity contribution in [3.05, 3.63) is 101 Å². The van der Waals surface area contributed by atoms with Gasteiger partial charge in [0.1, 0.15) is 0 Å². The molecule has 5 heteroatoms. The molecule has 4 rings (SSSR count). The van der Waals surface area contributed by atoms with E-state index in [2.05, 4.69) is 0 Å². The molecule has 1 aliphatic rings. The SMILES string of the molecule is C[C@@H](C(=O)c1ccc(Cl)cc1)[C@]1(O)C(=O)N(Cc2ccccc2)c2ccccc21. The molecule has 0 aliphatic carbocycles. The second kappa shape index (κ2) is 7.47. The Kier molecular flexibility index (Phi) is 4.99. The number of anilines is 1. The fourth-order valence-corrected chi connectivity index (χ4v) is 3.98. The van der Waals surface area contributed by atoms with Gasteiger partial charge in [-0.05, 0) is 35.9 Å². The number of benzene rings is 3. The predicted molar refractivity (Wildman–Crippen MR) is 113 cm³/mol. The minimum atomic E-state index is -1.93. The van der Waals surface area contributed by atoms with E-state index < -0.39 is 17.4 Å². The predicted octanol–water partition coefficient (Wildman–Crippen LogP) is 4.59. The molecule has 0 bridgehead atoms. The summed E-state index contributed by atoms with van der Waals surface area (Å²) in [6.07, 6.45) is 0. The van der Waals surface area contributed by atoms with Crippen LogP contribution in [-0.2, 0) is 16.9 Å². The van der Waals surface area contributed by atoms with E-state index in [-0.39, 0.29) is 5.78 Å². The number of ketones is 1. The molecule has 0 spiro atoms. The van der Waals surface area contributed by atoms with Crippen LogP contribution < -0.4 is 4.90 Å². The first-order valence-electron chi connectivity index (χ1n) is 9.40. The van der Waals surface area contributed by atoms with Gasteiger partial charge in [0.05, 0.1) is 18.2 Å². The van der Waals surface area contributed by atoms with Gasteiger partial charge in [-0.2, -0.15) is 0 Å². The quantitative estimate of drug-likeness (QED) is 0.631. The highest BCUT2D eigenvalue weighted by molar-refractivity contribution is 6.30. The van der Waals surface area contributed by atoms with E-state index in [1.165, 1.54) is 0 Å². The lowest BCUT2D eigenvalue weighted by atomic mass is 9.79. The Balaban J connectivity index is 1.73. The Labute approximate surface area is 174 Å². The van der Waals surface area contributed by atoms with Gasteiger partial charge >= 0.3 is 0 Å². The summed E-state index contributed by atoms with van der Waals surface area (Å²) >= 11 is 5.92. The zero-order chi connectivity index (χ0) is 20.6. The molecular formula is C24H20ClNO3. The number of Topliss-reactive ketones (excluding diaryl/α,β-unsaturated/α-hetero) is 1. The molecule has 1 amide bonds. The summed E-state index contributed by atoms with van der Waals surface area (Å²) in [4.78, 5) is 28.1. The van der Waals surface area contributed by atoms with Crippen LogP contribution in [0.15, 0.2) is 78.9 Å². The Bertz CT molecular complexity index is 1060. The van der Waals surface area contributed by atoms with E-state index in [0.717, 1.165) is 5.56 Å². The lowest BCUT2D eigenvalue weighted by Crippen LogP contribution is -2.47. The zero-order valence-corrected chi connectivity index (χ0v) is 16.6. The number of carbonyl (C=O) groups excluding carboxylic acids is 2. The third kappa shape index (κ3) is 3.24. The van der Waals surface area contributed by atoms with Crippen LogP contribution in [0.3, 0.4) is 0 Å². The van der Waals surface area contributed by atoms with Crippen LogP contribution in [-0.4, -0.2) is 16.8 Å². The smallest absolute Gasteiger partial charge is 0.264 e. The van der Waals surface area contributed by atoms with Crippen molar-refractivity contribution in [3.63, 3.8) is 0 Å². The van der Waals surface area contributed by atoms with Gasteiger partial charge in [0.25, 0.3) is 5.91 Å². The first-order valence-corrected chi connectivity index (χ1v) is 9.78. The minimum Gasteiger partial charge on any atom is -0.375 e. The lowest BCUT2D eigenvalue weighted by molar-refractivity contribution is -0.139. The van der Waals surface area contributed by atoms with Crippen LogP contribution in [0.2, 0.25) is 5.02 Å². The Morgan fingerprint density at radius 3 is 2.31 bits per heavy atom. The van der Waals surface area contributed by atoms with Gasteiger partial charge in [0.15, 0.2) is 11.4 Å². The summed E-state index contributed by atoms with van der Waals surface area (Å²) in [5.41, 5.74) is 0.497. The molecular weight excluding hydrogens is 386 g/mol. The van der Waals surface area contributed by atoms with Crippen LogP contribution in [0.4, 0.5) is 5.69 Å². The molecule has 29 heavy (non-hydrogen) atoms. The third-order valence-electron chi connectivity index (χ3n) is 5.51. The molecule has 1 aliphatic heterocycles. The highest BCUT2D eigenvalue weighted by atomic mass is 35.5. The fourth-order valence-electron chi connectivity index (χ4n) is 3.86. The van der Waals surface area contributed by atoms with E-state index in [4.69, 9.17) is 11.6 Å². The van der Waals surface area contributed by atoms with Crippen molar-refractivity contribution in [3.8, 4) is 0 Å². The summed E-state index contributed by atoms with van der Waals surface area (Å²) in [5, 5.41) is 12.1. The molecule has 0 aromatic heterocycles. The van der Waals surface area contributed by atoms with Crippen LogP contribution in [0.1, 0.15) is 28.4 Å².